The van der Waals surface area contributed by atoms with Gasteiger partial charge in [0.2, 0.25) is 0 Å². The number of carbonyl (C=O) groups is 2. The van der Waals surface area contributed by atoms with Crippen LogP contribution in [0.1, 0.15) is 32.0 Å². The van der Waals surface area contributed by atoms with Crippen LogP contribution in [0.3, 0.4) is 0 Å². The van der Waals surface area contributed by atoms with Crippen molar-refractivity contribution in [3.05, 3.63) is 89.5 Å². The van der Waals surface area contributed by atoms with E-state index in [2.05, 4.69) is 20.6 Å². The molecule has 0 radical (unpaired) electrons. The predicted molar refractivity (Wildman–Crippen MR) is 109 cm³/mol. The van der Waals surface area contributed by atoms with Gasteiger partial charge in [0.25, 0.3) is 11.8 Å². The highest BCUT2D eigenvalue weighted by atomic mass is 16.5. The molecule has 0 fully saturated rings. The first-order valence-corrected chi connectivity index (χ1v) is 9.20. The van der Waals surface area contributed by atoms with E-state index in [0.717, 1.165) is 17.0 Å². The van der Waals surface area contributed by atoms with Gasteiger partial charge in [0, 0.05) is 25.1 Å². The van der Waals surface area contributed by atoms with Crippen LogP contribution in [0.4, 0.5) is 0 Å². The van der Waals surface area contributed by atoms with Crippen LogP contribution in [-0.4, -0.2) is 35.4 Å². The number of carbonyl (C=O) groups excluding carboxylic acids is 2. The smallest absolute Gasteiger partial charge is 0.253 e. The highest BCUT2D eigenvalue weighted by Crippen LogP contribution is 2.11. The molecule has 7 heteroatoms. The summed E-state index contributed by atoms with van der Waals surface area (Å²) in [5, 5.41) is 5.62. The molecule has 0 spiro atoms. The molecule has 148 valence electrons. The van der Waals surface area contributed by atoms with Crippen LogP contribution in [0.25, 0.3) is 0 Å². The molecule has 0 unspecified atom stereocenters. The summed E-state index contributed by atoms with van der Waals surface area (Å²) in [5.74, 6) is 0.212. The van der Waals surface area contributed by atoms with Gasteiger partial charge in [0.05, 0.1) is 30.5 Å². The maximum atomic E-state index is 12.4. The Morgan fingerprint density at radius 2 is 1.69 bits per heavy atom. The van der Waals surface area contributed by atoms with E-state index in [-0.39, 0.29) is 11.8 Å². The van der Waals surface area contributed by atoms with Crippen LogP contribution >= 0.6 is 0 Å². The van der Waals surface area contributed by atoms with Crippen LogP contribution in [0.2, 0.25) is 0 Å². The molecule has 3 rings (SSSR count). The lowest BCUT2D eigenvalue weighted by Crippen LogP contribution is -2.27. The first kappa shape index (κ1) is 20.0. The molecule has 2 heterocycles. The second-order valence-corrected chi connectivity index (χ2v) is 6.32. The Balaban J connectivity index is 1.52. The van der Waals surface area contributed by atoms with E-state index < -0.39 is 0 Å². The van der Waals surface area contributed by atoms with E-state index in [1.807, 2.05) is 42.5 Å². The van der Waals surface area contributed by atoms with Crippen molar-refractivity contribution in [2.24, 2.45) is 0 Å². The second-order valence-electron chi connectivity index (χ2n) is 6.32. The van der Waals surface area contributed by atoms with Crippen molar-refractivity contribution in [2.75, 3.05) is 13.7 Å². The molecule has 2 amide bonds. The van der Waals surface area contributed by atoms with E-state index in [4.69, 9.17) is 4.74 Å². The summed E-state index contributed by atoms with van der Waals surface area (Å²) in [6.45, 7) is 0.777. The van der Waals surface area contributed by atoms with E-state index in [1.165, 1.54) is 18.5 Å². The molecule has 0 saturated heterocycles. The molecule has 0 bridgehead atoms. The van der Waals surface area contributed by atoms with E-state index in [0.29, 0.717) is 30.6 Å². The van der Waals surface area contributed by atoms with Crippen molar-refractivity contribution in [2.45, 2.75) is 13.0 Å². The molecule has 0 aliphatic rings. The summed E-state index contributed by atoms with van der Waals surface area (Å²) in [6, 6.07) is 14.7. The summed E-state index contributed by atoms with van der Waals surface area (Å²) in [7, 11) is 1.62. The zero-order valence-corrected chi connectivity index (χ0v) is 16.1. The zero-order valence-electron chi connectivity index (χ0n) is 16.1. The summed E-state index contributed by atoms with van der Waals surface area (Å²) in [4.78, 5) is 32.9. The fraction of sp³-hybridized carbons (Fsp3) is 0.182. The highest BCUT2D eigenvalue weighted by Gasteiger charge is 2.11. The van der Waals surface area contributed by atoms with E-state index >= 15 is 0 Å². The average Bonchev–Trinajstić information content (AvgIpc) is 2.78. The third-order valence-electron chi connectivity index (χ3n) is 4.28. The van der Waals surface area contributed by atoms with Gasteiger partial charge in [0.1, 0.15) is 5.75 Å². The molecule has 0 atom stereocenters. The van der Waals surface area contributed by atoms with Gasteiger partial charge >= 0.3 is 0 Å². The molecule has 7 nitrogen and oxygen atoms in total. The predicted octanol–water partition coefficient (Wildman–Crippen LogP) is 2.39. The maximum Gasteiger partial charge on any atom is 0.253 e. The lowest BCUT2D eigenvalue weighted by Gasteiger charge is -2.08. The first-order chi connectivity index (χ1) is 14.2. The standard InChI is InChI=1S/C22H22N4O3/c1-29-20-7-5-16(6-8-20)9-11-25-21(27)17-12-18(14-23-13-17)22(28)26-15-19-4-2-3-10-24-19/h2-8,10,12-14H,9,11,15H2,1H3,(H,25,27)(H,26,28). The van der Waals surface area contributed by atoms with Crippen molar-refractivity contribution < 1.29 is 14.3 Å². The van der Waals surface area contributed by atoms with Gasteiger partial charge in [0.15, 0.2) is 0 Å². The Morgan fingerprint density at radius 1 is 0.966 bits per heavy atom. The lowest BCUT2D eigenvalue weighted by atomic mass is 10.1. The van der Waals surface area contributed by atoms with Crippen molar-refractivity contribution in [3.8, 4) is 5.75 Å². The minimum Gasteiger partial charge on any atom is -0.497 e. The van der Waals surface area contributed by atoms with Crippen LogP contribution in [0.5, 0.6) is 5.75 Å². The Labute approximate surface area is 169 Å². The van der Waals surface area contributed by atoms with Crippen molar-refractivity contribution in [1.82, 2.24) is 20.6 Å². The van der Waals surface area contributed by atoms with Gasteiger partial charge in [-0.25, -0.2) is 0 Å². The summed E-state index contributed by atoms with van der Waals surface area (Å²) >= 11 is 0. The Kier molecular flexibility index (Phi) is 6.89. The molecule has 0 saturated carbocycles. The molecule has 2 N–H and O–H groups in total. The molecule has 29 heavy (non-hydrogen) atoms. The van der Waals surface area contributed by atoms with Crippen LogP contribution in [0, 0.1) is 0 Å². The van der Waals surface area contributed by atoms with Gasteiger partial charge < -0.3 is 15.4 Å². The monoisotopic (exact) mass is 390 g/mol. The molecule has 0 aliphatic carbocycles. The third kappa shape index (κ3) is 5.87. The minimum atomic E-state index is -0.309. The zero-order chi connectivity index (χ0) is 20.5. The lowest BCUT2D eigenvalue weighted by molar-refractivity contribution is 0.0950. The number of methoxy groups -OCH3 is 1. The summed E-state index contributed by atoms with van der Waals surface area (Å²) < 4.78 is 5.13. The van der Waals surface area contributed by atoms with Crippen molar-refractivity contribution >= 4 is 11.8 Å². The fourth-order valence-corrected chi connectivity index (χ4v) is 2.68. The molecular formula is C22H22N4O3. The quantitative estimate of drug-likeness (QED) is 0.616. The first-order valence-electron chi connectivity index (χ1n) is 9.20. The molecular weight excluding hydrogens is 368 g/mol. The number of amides is 2. The molecule has 2 aromatic heterocycles. The van der Waals surface area contributed by atoms with Gasteiger partial charge in [-0.3, -0.25) is 19.6 Å². The number of benzene rings is 1. The third-order valence-corrected chi connectivity index (χ3v) is 4.28. The number of hydrogen-bond donors (Lipinski definition) is 2. The molecule has 0 aliphatic heterocycles. The fourth-order valence-electron chi connectivity index (χ4n) is 2.68. The SMILES string of the molecule is COc1ccc(CCNC(=O)c2cncc(C(=O)NCc3ccccn3)c2)cc1. The highest BCUT2D eigenvalue weighted by molar-refractivity contribution is 5.99. The van der Waals surface area contributed by atoms with Crippen molar-refractivity contribution in [1.29, 1.82) is 0 Å². The Bertz CT molecular complexity index is 959. The Morgan fingerprint density at radius 3 is 2.34 bits per heavy atom. The number of nitrogens with zero attached hydrogens (tertiary/aromatic N) is 2. The largest absolute Gasteiger partial charge is 0.497 e. The average molecular weight is 390 g/mol. The number of nitrogens with one attached hydrogen (secondary N) is 2. The van der Waals surface area contributed by atoms with Gasteiger partial charge in [-0.15, -0.1) is 0 Å². The topological polar surface area (TPSA) is 93.2 Å². The summed E-state index contributed by atoms with van der Waals surface area (Å²) in [5.41, 5.74) is 2.50. The second kappa shape index (κ2) is 9.98. The van der Waals surface area contributed by atoms with Gasteiger partial charge in [-0.2, -0.15) is 0 Å². The van der Waals surface area contributed by atoms with Crippen LogP contribution in [-0.2, 0) is 13.0 Å². The van der Waals surface area contributed by atoms with E-state index in [1.54, 1.807) is 13.3 Å². The Hall–Kier alpha value is -3.74. The number of pyridine rings is 2. The molecule has 1 aromatic carbocycles. The number of ether oxygens (including phenoxy) is 1. The van der Waals surface area contributed by atoms with E-state index in [9.17, 15) is 9.59 Å². The molecule has 3 aromatic rings. The van der Waals surface area contributed by atoms with Gasteiger partial charge in [-0.05, 0) is 42.3 Å². The maximum absolute atomic E-state index is 12.4. The van der Waals surface area contributed by atoms with Crippen LogP contribution in [0.15, 0.2) is 67.1 Å². The summed E-state index contributed by atoms with van der Waals surface area (Å²) in [6.07, 6.45) is 5.23. The van der Waals surface area contributed by atoms with Crippen LogP contribution < -0.4 is 15.4 Å². The van der Waals surface area contributed by atoms with Crippen molar-refractivity contribution in [3.63, 3.8) is 0 Å². The number of rotatable bonds is 8. The normalized spacial score (nSPS) is 10.2. The number of aromatic nitrogens is 2. The number of hydrogen-bond acceptors (Lipinski definition) is 5. The van der Waals surface area contributed by atoms with Gasteiger partial charge in [-0.1, -0.05) is 18.2 Å². The minimum absolute atomic E-state index is 0.273.